The number of aromatic hydroxyl groups is 1. The molecule has 0 saturated heterocycles. The lowest BCUT2D eigenvalue weighted by atomic mass is 10.1. The van der Waals surface area contributed by atoms with Crippen molar-refractivity contribution < 1.29 is 19.4 Å². The minimum absolute atomic E-state index is 0.302. The Hall–Kier alpha value is -2.50. The topological polar surface area (TPSA) is 77.8 Å². The lowest BCUT2D eigenvalue weighted by molar-refractivity contribution is -0.132. The second-order valence-electron chi connectivity index (χ2n) is 8.08. The summed E-state index contributed by atoms with van der Waals surface area (Å²) in [6.07, 6.45) is 11.0. The molecule has 6 heteroatoms. The minimum Gasteiger partial charge on any atom is -0.504 e. The molecule has 2 aromatic rings. The van der Waals surface area contributed by atoms with Crippen LogP contribution >= 0.6 is 0 Å². The van der Waals surface area contributed by atoms with Crippen LogP contribution in [0.1, 0.15) is 85.0 Å². The molecule has 0 amide bonds. The molecule has 0 atom stereocenters. The number of unbranched alkanes of at least 4 members (excludes halogenated alkanes) is 8. The Kier molecular flexibility index (Phi) is 10.4. The first-order chi connectivity index (χ1) is 15.0. The molecule has 172 valence electrons. The van der Waals surface area contributed by atoms with Gasteiger partial charge in [0.05, 0.1) is 12.1 Å². The SMILES string of the molecule is CCCCCCCCn1c(=O)c(OC(C)=O)c(O)c2ccc(OCCCCCC)cc21. The van der Waals surface area contributed by atoms with Gasteiger partial charge in [0.2, 0.25) is 5.75 Å². The quantitative estimate of drug-likeness (QED) is 0.295. The molecule has 1 heterocycles. The normalized spacial score (nSPS) is 11.1. The third-order valence-electron chi connectivity index (χ3n) is 5.42. The van der Waals surface area contributed by atoms with E-state index in [-0.39, 0.29) is 11.5 Å². The molecule has 0 aliphatic heterocycles. The maximum atomic E-state index is 13.0. The highest BCUT2D eigenvalue weighted by atomic mass is 16.5. The van der Waals surface area contributed by atoms with Gasteiger partial charge in [0, 0.05) is 24.9 Å². The van der Waals surface area contributed by atoms with Gasteiger partial charge < -0.3 is 19.1 Å². The Morgan fingerprint density at radius 2 is 1.61 bits per heavy atom. The van der Waals surface area contributed by atoms with Gasteiger partial charge in [-0.2, -0.15) is 0 Å². The Bertz CT molecular complexity index is 903. The molecule has 1 aromatic heterocycles. The Morgan fingerprint density at radius 3 is 2.29 bits per heavy atom. The number of carbonyl (C=O) groups is 1. The van der Waals surface area contributed by atoms with Gasteiger partial charge in [-0.05, 0) is 25.0 Å². The number of ether oxygens (including phenoxy) is 2. The van der Waals surface area contributed by atoms with E-state index in [1.807, 2.05) is 0 Å². The van der Waals surface area contributed by atoms with Crippen molar-refractivity contribution in [2.45, 2.75) is 91.5 Å². The molecule has 0 fully saturated rings. The molecular formula is C25H37NO5. The molecule has 2 rings (SSSR count). The van der Waals surface area contributed by atoms with Crippen molar-refractivity contribution in [1.82, 2.24) is 4.57 Å². The molecule has 0 bridgehead atoms. The van der Waals surface area contributed by atoms with Crippen molar-refractivity contribution in [2.75, 3.05) is 6.61 Å². The molecule has 1 N–H and O–H groups in total. The van der Waals surface area contributed by atoms with Crippen LogP contribution in [0, 0.1) is 0 Å². The lowest BCUT2D eigenvalue weighted by Gasteiger charge is -2.16. The maximum Gasteiger partial charge on any atom is 0.308 e. The van der Waals surface area contributed by atoms with Crippen LogP contribution in [-0.4, -0.2) is 22.2 Å². The van der Waals surface area contributed by atoms with Gasteiger partial charge in [0.15, 0.2) is 5.75 Å². The number of carbonyl (C=O) groups excluding carboxylic acids is 1. The second kappa shape index (κ2) is 13.0. The highest BCUT2D eigenvalue weighted by Gasteiger charge is 2.19. The highest BCUT2D eigenvalue weighted by molar-refractivity contribution is 5.89. The van der Waals surface area contributed by atoms with Crippen LogP contribution in [0.4, 0.5) is 0 Å². The van der Waals surface area contributed by atoms with Crippen molar-refractivity contribution >= 4 is 16.9 Å². The molecule has 0 radical (unpaired) electrons. The predicted octanol–water partition coefficient (Wildman–Crippen LogP) is 5.95. The minimum atomic E-state index is -0.634. The first-order valence-electron chi connectivity index (χ1n) is 11.7. The third kappa shape index (κ3) is 7.30. The van der Waals surface area contributed by atoms with Crippen LogP contribution in [-0.2, 0) is 11.3 Å². The molecule has 0 aliphatic carbocycles. The summed E-state index contributed by atoms with van der Waals surface area (Å²) in [7, 11) is 0. The van der Waals surface area contributed by atoms with Crippen molar-refractivity contribution in [3.63, 3.8) is 0 Å². The van der Waals surface area contributed by atoms with Crippen LogP contribution < -0.4 is 15.0 Å². The van der Waals surface area contributed by atoms with Crippen molar-refractivity contribution in [3.05, 3.63) is 28.6 Å². The van der Waals surface area contributed by atoms with E-state index in [1.54, 1.807) is 22.8 Å². The monoisotopic (exact) mass is 431 g/mol. The van der Waals surface area contributed by atoms with Gasteiger partial charge in [-0.1, -0.05) is 65.2 Å². The van der Waals surface area contributed by atoms with E-state index in [9.17, 15) is 14.7 Å². The van der Waals surface area contributed by atoms with Crippen LogP contribution in [0.25, 0.3) is 10.9 Å². The number of nitrogens with zero attached hydrogens (tertiary/aromatic N) is 1. The zero-order chi connectivity index (χ0) is 22.6. The largest absolute Gasteiger partial charge is 0.504 e. The van der Waals surface area contributed by atoms with E-state index in [2.05, 4.69) is 13.8 Å². The summed E-state index contributed by atoms with van der Waals surface area (Å²) in [5, 5.41) is 11.1. The summed E-state index contributed by atoms with van der Waals surface area (Å²) in [6, 6.07) is 5.29. The molecular weight excluding hydrogens is 394 g/mol. The van der Waals surface area contributed by atoms with E-state index in [0.717, 1.165) is 32.1 Å². The number of aryl methyl sites for hydroxylation is 1. The molecule has 1 aromatic carbocycles. The number of esters is 1. The maximum absolute atomic E-state index is 13.0. The smallest absolute Gasteiger partial charge is 0.308 e. The fourth-order valence-corrected chi connectivity index (χ4v) is 3.71. The van der Waals surface area contributed by atoms with Gasteiger partial charge in [-0.25, -0.2) is 0 Å². The number of fused-ring (bicyclic) bond motifs is 1. The average molecular weight is 432 g/mol. The van der Waals surface area contributed by atoms with Crippen molar-refractivity contribution in [1.29, 1.82) is 0 Å². The molecule has 0 saturated carbocycles. The third-order valence-corrected chi connectivity index (χ3v) is 5.42. The van der Waals surface area contributed by atoms with Gasteiger partial charge in [-0.3, -0.25) is 9.59 Å². The molecule has 31 heavy (non-hydrogen) atoms. The van der Waals surface area contributed by atoms with Crippen LogP contribution in [0.3, 0.4) is 0 Å². The molecule has 0 aliphatic rings. The summed E-state index contributed by atoms with van der Waals surface area (Å²) < 4.78 is 12.5. The Labute approximate surface area is 185 Å². The zero-order valence-electron chi connectivity index (χ0n) is 19.2. The average Bonchev–Trinajstić information content (AvgIpc) is 2.75. The van der Waals surface area contributed by atoms with Gasteiger partial charge in [-0.15, -0.1) is 0 Å². The standard InChI is InChI=1S/C25H37NO5/c1-4-6-8-10-11-12-16-26-22-18-20(30-17-13-9-7-5-2)14-15-21(22)23(28)24(25(26)29)31-19(3)27/h14-15,18,28H,4-13,16-17H2,1-3H3. The highest BCUT2D eigenvalue weighted by Crippen LogP contribution is 2.33. The molecule has 6 nitrogen and oxygen atoms in total. The van der Waals surface area contributed by atoms with E-state index >= 15 is 0 Å². The predicted molar refractivity (Wildman–Crippen MR) is 124 cm³/mol. The Morgan fingerprint density at radius 1 is 0.968 bits per heavy atom. The van der Waals surface area contributed by atoms with Crippen molar-refractivity contribution in [2.24, 2.45) is 0 Å². The number of hydrogen-bond acceptors (Lipinski definition) is 5. The number of hydrogen-bond donors (Lipinski definition) is 1. The number of benzene rings is 1. The van der Waals surface area contributed by atoms with E-state index in [0.29, 0.717) is 29.8 Å². The fraction of sp³-hybridized carbons (Fsp3) is 0.600. The van der Waals surface area contributed by atoms with Gasteiger partial charge >= 0.3 is 5.97 Å². The molecule has 0 spiro atoms. The van der Waals surface area contributed by atoms with Crippen LogP contribution in [0.2, 0.25) is 0 Å². The Balaban J connectivity index is 2.29. The van der Waals surface area contributed by atoms with Crippen LogP contribution in [0.5, 0.6) is 17.2 Å². The van der Waals surface area contributed by atoms with Gasteiger partial charge in [0.1, 0.15) is 5.75 Å². The lowest BCUT2D eigenvalue weighted by Crippen LogP contribution is -2.24. The summed E-state index contributed by atoms with van der Waals surface area (Å²) >= 11 is 0. The van der Waals surface area contributed by atoms with Crippen LogP contribution in [0.15, 0.2) is 23.0 Å². The number of rotatable bonds is 14. The van der Waals surface area contributed by atoms with Gasteiger partial charge in [0.25, 0.3) is 5.56 Å². The fourth-order valence-electron chi connectivity index (χ4n) is 3.71. The number of aromatic nitrogens is 1. The first-order valence-corrected chi connectivity index (χ1v) is 11.7. The second-order valence-corrected chi connectivity index (χ2v) is 8.08. The van der Waals surface area contributed by atoms with Crippen molar-refractivity contribution in [3.8, 4) is 17.2 Å². The summed E-state index contributed by atoms with van der Waals surface area (Å²) in [5.41, 5.74) is 0.104. The molecule has 0 unspecified atom stereocenters. The van der Waals surface area contributed by atoms with E-state index in [4.69, 9.17) is 9.47 Å². The zero-order valence-corrected chi connectivity index (χ0v) is 19.2. The summed E-state index contributed by atoms with van der Waals surface area (Å²) in [5.74, 6) is -0.576. The summed E-state index contributed by atoms with van der Waals surface area (Å²) in [6.45, 7) is 6.68. The summed E-state index contributed by atoms with van der Waals surface area (Å²) in [4.78, 5) is 24.5. The first kappa shape index (κ1) is 24.8. The number of pyridine rings is 1. The van der Waals surface area contributed by atoms with E-state index in [1.165, 1.54) is 39.0 Å². The van der Waals surface area contributed by atoms with E-state index < -0.39 is 11.5 Å².